The quantitative estimate of drug-likeness (QED) is 0.611. The first-order valence-electron chi connectivity index (χ1n) is 8.50. The molecule has 0 aliphatic heterocycles. The summed E-state index contributed by atoms with van der Waals surface area (Å²) < 4.78 is 0. The second-order valence-corrected chi connectivity index (χ2v) is 5.77. The van der Waals surface area contributed by atoms with Crippen molar-refractivity contribution in [1.29, 1.82) is 0 Å². The maximum Gasteiger partial charge on any atom is 0.255 e. The van der Waals surface area contributed by atoms with Gasteiger partial charge in [0.15, 0.2) is 0 Å². The molecule has 0 spiro atoms. The van der Waals surface area contributed by atoms with Crippen molar-refractivity contribution in [1.82, 2.24) is 4.98 Å². The Morgan fingerprint density at radius 2 is 1.60 bits per heavy atom. The number of pyridine rings is 1. The van der Waals surface area contributed by atoms with Gasteiger partial charge in [-0.25, -0.2) is 0 Å². The second-order valence-electron chi connectivity index (χ2n) is 5.77. The molecule has 0 unspecified atom stereocenters. The van der Waals surface area contributed by atoms with E-state index in [1.165, 1.54) is 0 Å². The molecule has 0 atom stereocenters. The number of aromatic nitrogens is 1. The monoisotopic (exact) mass is 340 g/mol. The van der Waals surface area contributed by atoms with E-state index in [-0.39, 0.29) is 11.8 Å². The number of carbonyl (C=O) groups is 2. The van der Waals surface area contributed by atoms with Crippen LogP contribution < -0.4 is 16.4 Å². The zero-order chi connectivity index (χ0) is 17.9. The molecule has 2 amide bonds. The van der Waals surface area contributed by atoms with Crippen LogP contribution in [0.1, 0.15) is 42.5 Å². The van der Waals surface area contributed by atoms with Gasteiger partial charge in [-0.05, 0) is 49.7 Å². The van der Waals surface area contributed by atoms with E-state index in [0.717, 1.165) is 25.7 Å². The summed E-state index contributed by atoms with van der Waals surface area (Å²) in [6, 6.07) is 10.4. The van der Waals surface area contributed by atoms with Crippen LogP contribution in [0.4, 0.5) is 11.4 Å². The summed E-state index contributed by atoms with van der Waals surface area (Å²) in [5.74, 6) is -0.240. The minimum absolute atomic E-state index is 0.0228. The van der Waals surface area contributed by atoms with Crippen molar-refractivity contribution in [3.63, 3.8) is 0 Å². The van der Waals surface area contributed by atoms with Crippen molar-refractivity contribution in [3.8, 4) is 0 Å². The number of hydrogen-bond acceptors (Lipinski definition) is 4. The van der Waals surface area contributed by atoms with E-state index in [1.54, 1.807) is 48.8 Å². The highest BCUT2D eigenvalue weighted by Crippen LogP contribution is 2.16. The zero-order valence-electron chi connectivity index (χ0n) is 14.2. The molecule has 0 saturated heterocycles. The van der Waals surface area contributed by atoms with Gasteiger partial charge in [-0.2, -0.15) is 0 Å². The van der Waals surface area contributed by atoms with Crippen LogP contribution in [0, 0.1) is 0 Å². The number of amides is 2. The molecule has 0 radical (unpaired) electrons. The third kappa shape index (κ3) is 6.73. The molecule has 2 rings (SSSR count). The Morgan fingerprint density at radius 1 is 0.920 bits per heavy atom. The van der Waals surface area contributed by atoms with E-state index in [1.807, 2.05) is 0 Å². The highest BCUT2D eigenvalue weighted by molar-refractivity contribution is 6.04. The summed E-state index contributed by atoms with van der Waals surface area (Å²) in [6.45, 7) is 0.699. The highest BCUT2D eigenvalue weighted by Gasteiger charge is 2.07. The molecule has 6 nitrogen and oxygen atoms in total. The number of benzene rings is 1. The molecule has 0 bridgehead atoms. The molecule has 0 aliphatic rings. The van der Waals surface area contributed by atoms with Crippen molar-refractivity contribution < 1.29 is 9.59 Å². The van der Waals surface area contributed by atoms with Crippen molar-refractivity contribution in [3.05, 3.63) is 54.4 Å². The second kappa shape index (κ2) is 10.2. The predicted molar refractivity (Wildman–Crippen MR) is 99.4 cm³/mol. The smallest absolute Gasteiger partial charge is 0.255 e. The van der Waals surface area contributed by atoms with Gasteiger partial charge in [0.05, 0.1) is 0 Å². The first kappa shape index (κ1) is 18.6. The largest absolute Gasteiger partial charge is 0.330 e. The lowest BCUT2D eigenvalue weighted by Crippen LogP contribution is -2.13. The lowest BCUT2D eigenvalue weighted by molar-refractivity contribution is -0.116. The third-order valence-electron chi connectivity index (χ3n) is 3.70. The van der Waals surface area contributed by atoms with Gasteiger partial charge < -0.3 is 16.4 Å². The summed E-state index contributed by atoms with van der Waals surface area (Å²) >= 11 is 0. The van der Waals surface area contributed by atoms with Crippen molar-refractivity contribution in [2.75, 3.05) is 17.2 Å². The van der Waals surface area contributed by atoms with Crippen LogP contribution in [-0.2, 0) is 4.79 Å². The Hall–Kier alpha value is -2.73. The fourth-order valence-electron chi connectivity index (χ4n) is 2.39. The maximum atomic E-state index is 12.1. The van der Waals surface area contributed by atoms with Gasteiger partial charge in [-0.1, -0.05) is 18.9 Å². The van der Waals surface area contributed by atoms with E-state index in [2.05, 4.69) is 15.6 Å². The Morgan fingerprint density at radius 3 is 2.32 bits per heavy atom. The van der Waals surface area contributed by atoms with Gasteiger partial charge >= 0.3 is 0 Å². The Labute approximate surface area is 147 Å². The molecule has 0 fully saturated rings. The normalized spacial score (nSPS) is 10.3. The van der Waals surface area contributed by atoms with Gasteiger partial charge in [0, 0.05) is 35.8 Å². The van der Waals surface area contributed by atoms with E-state index < -0.39 is 0 Å². The lowest BCUT2D eigenvalue weighted by atomic mass is 10.1. The molecule has 0 aliphatic carbocycles. The fourth-order valence-corrected chi connectivity index (χ4v) is 2.39. The van der Waals surface area contributed by atoms with Gasteiger partial charge in [-0.15, -0.1) is 0 Å². The zero-order valence-corrected chi connectivity index (χ0v) is 14.2. The minimum atomic E-state index is -0.217. The third-order valence-corrected chi connectivity index (χ3v) is 3.70. The van der Waals surface area contributed by atoms with Gasteiger partial charge in [-0.3, -0.25) is 14.6 Å². The van der Waals surface area contributed by atoms with Crippen LogP contribution in [0.15, 0.2) is 48.8 Å². The molecule has 1 aromatic carbocycles. The Bertz CT molecular complexity index is 689. The minimum Gasteiger partial charge on any atom is -0.330 e. The average molecular weight is 340 g/mol. The lowest BCUT2D eigenvalue weighted by Gasteiger charge is -2.09. The highest BCUT2D eigenvalue weighted by atomic mass is 16.2. The summed E-state index contributed by atoms with van der Waals surface area (Å²) in [5, 5.41) is 5.67. The topological polar surface area (TPSA) is 97.1 Å². The van der Waals surface area contributed by atoms with E-state index >= 15 is 0 Å². The molecular weight excluding hydrogens is 316 g/mol. The SMILES string of the molecule is NCCCCCCC(=O)Nc1cccc(NC(=O)c2ccncc2)c1. The van der Waals surface area contributed by atoms with Crippen molar-refractivity contribution in [2.24, 2.45) is 5.73 Å². The van der Waals surface area contributed by atoms with Crippen LogP contribution in [-0.4, -0.2) is 23.3 Å². The molecular formula is C19H24N4O2. The number of hydrogen-bond donors (Lipinski definition) is 3. The van der Waals surface area contributed by atoms with Gasteiger partial charge in [0.25, 0.3) is 5.91 Å². The number of nitrogens with zero attached hydrogens (tertiary/aromatic N) is 1. The summed E-state index contributed by atoms with van der Waals surface area (Å²) in [7, 11) is 0. The van der Waals surface area contributed by atoms with Crippen LogP contribution in [0.2, 0.25) is 0 Å². The molecule has 25 heavy (non-hydrogen) atoms. The Kier molecular flexibility index (Phi) is 7.59. The van der Waals surface area contributed by atoms with E-state index in [4.69, 9.17) is 5.73 Å². The molecule has 132 valence electrons. The summed E-state index contributed by atoms with van der Waals surface area (Å²) in [4.78, 5) is 28.0. The average Bonchev–Trinajstić information content (AvgIpc) is 2.62. The van der Waals surface area contributed by atoms with E-state index in [9.17, 15) is 9.59 Å². The molecule has 6 heteroatoms. The molecule has 2 aromatic rings. The van der Waals surface area contributed by atoms with Crippen LogP contribution in [0.25, 0.3) is 0 Å². The first-order chi connectivity index (χ1) is 12.2. The van der Waals surface area contributed by atoms with E-state index in [0.29, 0.717) is 29.9 Å². The number of rotatable bonds is 9. The number of carbonyl (C=O) groups excluding carboxylic acids is 2. The Balaban J connectivity index is 1.84. The number of nitrogens with one attached hydrogen (secondary N) is 2. The van der Waals surface area contributed by atoms with Gasteiger partial charge in [0.1, 0.15) is 0 Å². The van der Waals surface area contributed by atoms with Crippen LogP contribution >= 0.6 is 0 Å². The molecule has 4 N–H and O–H groups in total. The molecule has 1 heterocycles. The maximum absolute atomic E-state index is 12.1. The first-order valence-corrected chi connectivity index (χ1v) is 8.50. The molecule has 0 saturated carbocycles. The summed E-state index contributed by atoms with van der Waals surface area (Å²) in [5.41, 5.74) is 7.27. The van der Waals surface area contributed by atoms with Crippen LogP contribution in [0.3, 0.4) is 0 Å². The molecule has 1 aromatic heterocycles. The van der Waals surface area contributed by atoms with Crippen molar-refractivity contribution in [2.45, 2.75) is 32.1 Å². The fraction of sp³-hybridized carbons (Fsp3) is 0.316. The van der Waals surface area contributed by atoms with Crippen molar-refractivity contribution >= 4 is 23.2 Å². The standard InChI is InChI=1S/C19H24N4O2/c20-11-4-2-1-3-8-18(24)22-16-6-5-7-17(14-16)23-19(25)15-9-12-21-13-10-15/h5-7,9-10,12-14H,1-4,8,11,20H2,(H,22,24)(H,23,25). The number of unbranched alkanes of at least 4 members (excludes halogenated alkanes) is 3. The number of nitrogens with two attached hydrogens (primary N) is 1. The predicted octanol–water partition coefficient (Wildman–Crippen LogP) is 3.18. The van der Waals surface area contributed by atoms with Crippen LogP contribution in [0.5, 0.6) is 0 Å². The van der Waals surface area contributed by atoms with Gasteiger partial charge in [0.2, 0.25) is 5.91 Å². The summed E-state index contributed by atoms with van der Waals surface area (Å²) in [6.07, 6.45) is 7.54. The number of anilines is 2.